The molecule has 0 aliphatic carbocycles. The summed E-state index contributed by atoms with van der Waals surface area (Å²) in [6.45, 7) is 9.44. The summed E-state index contributed by atoms with van der Waals surface area (Å²) in [5.41, 5.74) is -0.00854. The van der Waals surface area contributed by atoms with Crippen LogP contribution in [-0.2, 0) is 14.8 Å². The Morgan fingerprint density at radius 3 is 2.00 bits per heavy atom. The van der Waals surface area contributed by atoms with E-state index in [4.69, 9.17) is 21.5 Å². The zero-order chi connectivity index (χ0) is 27.8. The molecule has 0 radical (unpaired) electrons. The number of rotatable bonds is 9. The summed E-state index contributed by atoms with van der Waals surface area (Å²) >= 11 is 5.98. The molecule has 0 spiro atoms. The van der Waals surface area contributed by atoms with E-state index in [0.29, 0.717) is 30.7 Å². The average molecular weight is 554 g/mol. The van der Waals surface area contributed by atoms with E-state index < -0.39 is 28.1 Å². The van der Waals surface area contributed by atoms with Gasteiger partial charge in [0.2, 0.25) is 0 Å². The predicted molar refractivity (Wildman–Crippen MR) is 129 cm³/mol. The van der Waals surface area contributed by atoms with Gasteiger partial charge in [0, 0.05) is 13.1 Å². The van der Waals surface area contributed by atoms with E-state index in [-0.39, 0.29) is 21.2 Å². The van der Waals surface area contributed by atoms with Gasteiger partial charge in [0.05, 0.1) is 16.9 Å². The molecule has 14 heteroatoms. The van der Waals surface area contributed by atoms with Gasteiger partial charge in [-0.25, -0.2) is 23.0 Å². The first-order valence-electron chi connectivity index (χ1n) is 10.5. The Morgan fingerprint density at radius 2 is 1.58 bits per heavy atom. The zero-order valence-corrected chi connectivity index (χ0v) is 21.4. The van der Waals surface area contributed by atoms with Crippen molar-refractivity contribution in [1.82, 2.24) is 4.98 Å². The number of pyridine rings is 1. The molecule has 0 aliphatic rings. The van der Waals surface area contributed by atoms with Crippen molar-refractivity contribution in [3.05, 3.63) is 47.1 Å². The van der Waals surface area contributed by atoms with Gasteiger partial charge in [-0.15, -0.1) is 0 Å². The van der Waals surface area contributed by atoms with E-state index in [1.807, 2.05) is 32.6 Å². The van der Waals surface area contributed by atoms with Gasteiger partial charge in [-0.1, -0.05) is 51.4 Å². The summed E-state index contributed by atoms with van der Waals surface area (Å²) in [4.78, 5) is 26.9. The number of aliphatic carboxylic acids is 1. The van der Waals surface area contributed by atoms with Crippen molar-refractivity contribution in [3.63, 3.8) is 0 Å². The number of hydrogen-bond donors (Lipinski definition) is 3. The highest BCUT2D eigenvalue weighted by Gasteiger charge is 2.38. The minimum atomic E-state index is -5.08. The summed E-state index contributed by atoms with van der Waals surface area (Å²) in [6.07, 6.45) is -3.76. The standard InChI is InChI=1S/C20H26ClN3O4S.C2HF3O2/c1-13(2)11-24(12-14(3)4)19-16(20(25)26)9-15(10-22-19)23-29(27,28)18-8-6-5-7-17(18)21;3-2(4,5)1(6)7/h5-10,13-14,23H,11-12H2,1-4H3,(H,25,26);(H,6,7). The number of alkyl halides is 3. The molecule has 1 heterocycles. The molecule has 0 amide bonds. The molecule has 9 nitrogen and oxygen atoms in total. The smallest absolute Gasteiger partial charge is 0.478 e. The SMILES string of the molecule is CC(C)CN(CC(C)C)c1ncc(NS(=O)(=O)c2ccccc2Cl)cc1C(=O)O.O=C(O)C(F)(F)F. The van der Waals surface area contributed by atoms with E-state index in [0.717, 1.165) is 0 Å². The van der Waals surface area contributed by atoms with Crippen molar-refractivity contribution in [2.24, 2.45) is 11.8 Å². The lowest BCUT2D eigenvalue weighted by Crippen LogP contribution is -2.33. The zero-order valence-electron chi connectivity index (χ0n) is 19.9. The Kier molecular flexibility index (Phi) is 11.0. The summed E-state index contributed by atoms with van der Waals surface area (Å²) in [7, 11) is -3.99. The number of sulfonamides is 1. The van der Waals surface area contributed by atoms with E-state index in [1.54, 1.807) is 12.1 Å². The van der Waals surface area contributed by atoms with Crippen molar-refractivity contribution in [3.8, 4) is 0 Å². The highest BCUT2D eigenvalue weighted by molar-refractivity contribution is 7.92. The fourth-order valence-electron chi connectivity index (χ4n) is 2.92. The van der Waals surface area contributed by atoms with Crippen LogP contribution in [0.5, 0.6) is 0 Å². The molecule has 0 unspecified atom stereocenters. The molecule has 0 saturated carbocycles. The summed E-state index contributed by atoms with van der Waals surface area (Å²) < 4.78 is 59.4. The van der Waals surface area contributed by atoms with Gasteiger partial charge in [0.25, 0.3) is 10.0 Å². The molecule has 0 fully saturated rings. The topological polar surface area (TPSA) is 137 Å². The van der Waals surface area contributed by atoms with Gasteiger partial charge in [0.1, 0.15) is 16.3 Å². The monoisotopic (exact) mass is 553 g/mol. The molecule has 0 aliphatic heterocycles. The number of nitrogens with zero attached hydrogens (tertiary/aromatic N) is 2. The number of benzene rings is 1. The number of carboxylic acid groups (broad SMARTS) is 2. The molecule has 3 N–H and O–H groups in total. The summed E-state index contributed by atoms with van der Waals surface area (Å²) in [5.74, 6) is -3.01. The quantitative estimate of drug-likeness (QED) is 0.395. The lowest BCUT2D eigenvalue weighted by molar-refractivity contribution is -0.192. The van der Waals surface area contributed by atoms with Crippen LogP contribution >= 0.6 is 11.6 Å². The molecule has 1 aromatic carbocycles. The molecule has 36 heavy (non-hydrogen) atoms. The van der Waals surface area contributed by atoms with Crippen molar-refractivity contribution in [1.29, 1.82) is 0 Å². The Labute approximate surface area is 212 Å². The van der Waals surface area contributed by atoms with E-state index in [9.17, 15) is 31.5 Å². The molecule has 0 bridgehead atoms. The number of anilines is 2. The number of carboxylic acids is 2. The highest BCUT2D eigenvalue weighted by atomic mass is 35.5. The Balaban J connectivity index is 0.000000809. The van der Waals surface area contributed by atoms with Gasteiger partial charge in [0.15, 0.2) is 0 Å². The van der Waals surface area contributed by atoms with Crippen LogP contribution in [-0.4, -0.2) is 54.8 Å². The number of aromatic carboxylic acids is 1. The molecular formula is C22H27ClF3N3O6S. The van der Waals surface area contributed by atoms with E-state index in [2.05, 4.69) is 9.71 Å². The molecular weight excluding hydrogens is 527 g/mol. The Bertz CT molecular complexity index is 1160. The Morgan fingerprint density at radius 1 is 1.08 bits per heavy atom. The minimum absolute atomic E-state index is 0.0557. The van der Waals surface area contributed by atoms with E-state index >= 15 is 0 Å². The third-order valence-electron chi connectivity index (χ3n) is 4.19. The maximum atomic E-state index is 12.6. The van der Waals surface area contributed by atoms with Crippen molar-refractivity contribution < 1.29 is 41.4 Å². The number of aromatic nitrogens is 1. The first-order valence-corrected chi connectivity index (χ1v) is 12.4. The molecule has 200 valence electrons. The summed E-state index contributed by atoms with van der Waals surface area (Å²) in [6, 6.07) is 7.30. The van der Waals surface area contributed by atoms with Gasteiger partial charge in [-0.2, -0.15) is 13.2 Å². The van der Waals surface area contributed by atoms with Gasteiger partial charge in [-0.3, -0.25) is 4.72 Å². The van der Waals surface area contributed by atoms with Gasteiger partial charge in [-0.05, 0) is 30.0 Å². The fourth-order valence-corrected chi connectivity index (χ4v) is 4.48. The van der Waals surface area contributed by atoms with Crippen LogP contribution in [0.1, 0.15) is 38.1 Å². The first kappa shape index (κ1) is 31.0. The predicted octanol–water partition coefficient (Wildman–Crippen LogP) is 4.99. The van der Waals surface area contributed by atoms with Crippen molar-refractivity contribution in [2.45, 2.75) is 38.8 Å². The second-order valence-corrected chi connectivity index (χ2v) is 10.5. The van der Waals surface area contributed by atoms with Crippen LogP contribution in [0.3, 0.4) is 0 Å². The first-order chi connectivity index (χ1) is 16.5. The normalized spacial score (nSPS) is 11.6. The molecule has 2 aromatic rings. The van der Waals surface area contributed by atoms with Crippen LogP contribution in [0.4, 0.5) is 24.7 Å². The third kappa shape index (κ3) is 9.53. The number of carbonyl (C=O) groups is 2. The lowest BCUT2D eigenvalue weighted by Gasteiger charge is -2.28. The van der Waals surface area contributed by atoms with Gasteiger partial charge < -0.3 is 15.1 Å². The number of halogens is 4. The third-order valence-corrected chi connectivity index (χ3v) is 6.07. The second-order valence-electron chi connectivity index (χ2n) is 8.43. The largest absolute Gasteiger partial charge is 0.490 e. The minimum Gasteiger partial charge on any atom is -0.478 e. The fraction of sp³-hybridized carbons (Fsp3) is 0.409. The number of nitrogens with one attached hydrogen (secondary N) is 1. The van der Waals surface area contributed by atoms with Crippen LogP contribution in [0.15, 0.2) is 41.4 Å². The van der Waals surface area contributed by atoms with Crippen LogP contribution < -0.4 is 9.62 Å². The molecule has 2 rings (SSSR count). The maximum Gasteiger partial charge on any atom is 0.490 e. The van der Waals surface area contributed by atoms with E-state index in [1.165, 1.54) is 24.4 Å². The molecule has 1 aromatic heterocycles. The lowest BCUT2D eigenvalue weighted by atomic mass is 10.1. The molecule has 0 atom stereocenters. The maximum absolute atomic E-state index is 12.6. The average Bonchev–Trinajstić information content (AvgIpc) is 2.72. The van der Waals surface area contributed by atoms with Crippen molar-refractivity contribution >= 4 is 45.1 Å². The van der Waals surface area contributed by atoms with Crippen LogP contribution in [0, 0.1) is 11.8 Å². The van der Waals surface area contributed by atoms with Crippen LogP contribution in [0.2, 0.25) is 5.02 Å². The number of hydrogen-bond acceptors (Lipinski definition) is 6. The summed E-state index contributed by atoms with van der Waals surface area (Å²) in [5, 5.41) is 16.9. The second kappa shape index (κ2) is 12.8. The molecule has 0 saturated heterocycles. The Hall–Kier alpha value is -3.06. The van der Waals surface area contributed by atoms with Gasteiger partial charge >= 0.3 is 18.1 Å². The highest BCUT2D eigenvalue weighted by Crippen LogP contribution is 2.27. The van der Waals surface area contributed by atoms with Crippen molar-refractivity contribution in [2.75, 3.05) is 22.7 Å². The van der Waals surface area contributed by atoms with Crippen LogP contribution in [0.25, 0.3) is 0 Å².